The van der Waals surface area contributed by atoms with E-state index in [9.17, 15) is 9.59 Å². The van der Waals surface area contributed by atoms with E-state index in [1.54, 1.807) is 0 Å². The van der Waals surface area contributed by atoms with Gasteiger partial charge in [-0.1, -0.05) is 36.1 Å². The van der Waals surface area contributed by atoms with Gasteiger partial charge < -0.3 is 16.4 Å². The van der Waals surface area contributed by atoms with Gasteiger partial charge in [-0.3, -0.25) is 9.59 Å². The highest BCUT2D eigenvalue weighted by molar-refractivity contribution is 5.87. The molecule has 0 spiro atoms. The van der Waals surface area contributed by atoms with Crippen molar-refractivity contribution in [1.29, 1.82) is 0 Å². The zero-order chi connectivity index (χ0) is 27.4. The molecule has 2 rings (SSSR count). The number of hydrogen-bond acceptors (Lipinski definition) is 2. The Bertz CT molecular complexity index is 961. The van der Waals surface area contributed by atoms with Gasteiger partial charge in [-0.2, -0.15) is 0 Å². The lowest BCUT2D eigenvalue weighted by atomic mass is 9.75. The standard InChI is InChI=1S/C31H51N3O2/c1-19-20(2)24(6)30(9,23(19)5)15-14-28(35)34-27(13-11-12-17-32)29(36)33-18-16-31(10)25(7)21(3)22(4)26(31)8/h27H,11-18,32H2,1-10H3,(H,33,36)(H,34,35)/p+1/t27-/m0/s1. The van der Waals surface area contributed by atoms with Crippen molar-refractivity contribution in [2.24, 2.45) is 10.8 Å². The predicted octanol–water partition coefficient (Wildman–Crippen LogP) is 5.56. The molecule has 202 valence electrons. The monoisotopic (exact) mass is 498 g/mol. The zero-order valence-electron chi connectivity index (χ0n) is 24.8. The Balaban J connectivity index is 2.00. The lowest BCUT2D eigenvalue weighted by Gasteiger charge is -2.30. The summed E-state index contributed by atoms with van der Waals surface area (Å²) in [6.45, 7) is 23.5. The maximum atomic E-state index is 13.2. The molecule has 0 aromatic heterocycles. The van der Waals surface area contributed by atoms with Crippen molar-refractivity contribution < 1.29 is 15.3 Å². The van der Waals surface area contributed by atoms with Crippen molar-refractivity contribution in [2.45, 2.75) is 114 Å². The van der Waals surface area contributed by atoms with Crippen LogP contribution in [0.4, 0.5) is 0 Å². The second kappa shape index (κ2) is 11.9. The minimum Gasteiger partial charge on any atom is -0.358 e. The molecule has 0 radical (unpaired) electrons. The largest absolute Gasteiger partial charge is 0.358 e. The first-order valence-electron chi connectivity index (χ1n) is 13.8. The smallest absolute Gasteiger partial charge is 0.242 e. The van der Waals surface area contributed by atoms with Crippen LogP contribution in [0.2, 0.25) is 0 Å². The molecule has 0 saturated heterocycles. The van der Waals surface area contributed by atoms with Crippen molar-refractivity contribution in [3.8, 4) is 0 Å². The van der Waals surface area contributed by atoms with Crippen molar-refractivity contribution >= 4 is 11.8 Å². The highest BCUT2D eigenvalue weighted by Gasteiger charge is 2.37. The fraction of sp³-hybridized carbons (Fsp3) is 0.677. The number of carbonyl (C=O) groups is 2. The van der Waals surface area contributed by atoms with Gasteiger partial charge >= 0.3 is 0 Å². The van der Waals surface area contributed by atoms with Gasteiger partial charge in [0.1, 0.15) is 6.04 Å². The van der Waals surface area contributed by atoms with Crippen LogP contribution in [0, 0.1) is 10.8 Å². The molecule has 1 atom stereocenters. The lowest BCUT2D eigenvalue weighted by molar-refractivity contribution is -0.368. The van der Waals surface area contributed by atoms with E-state index in [0.717, 1.165) is 32.2 Å². The number of nitrogens with one attached hydrogen (secondary N) is 2. The Morgan fingerprint density at radius 2 is 1.19 bits per heavy atom. The van der Waals surface area contributed by atoms with Crippen molar-refractivity contribution in [3.63, 3.8) is 0 Å². The van der Waals surface area contributed by atoms with E-state index >= 15 is 0 Å². The van der Waals surface area contributed by atoms with Gasteiger partial charge in [-0.25, -0.2) is 0 Å². The average Bonchev–Trinajstić information content (AvgIpc) is 3.09. The minimum absolute atomic E-state index is 0.0161. The summed E-state index contributed by atoms with van der Waals surface area (Å²) in [5, 5.41) is 6.21. The number of unbranched alkanes of at least 4 members (excludes halogenated alkanes) is 1. The quantitative estimate of drug-likeness (QED) is 0.308. The molecule has 0 aromatic rings. The van der Waals surface area contributed by atoms with Gasteiger partial charge in [0.25, 0.3) is 0 Å². The normalized spacial score (nSPS) is 20.0. The first-order chi connectivity index (χ1) is 16.7. The molecular weight excluding hydrogens is 446 g/mol. The van der Waals surface area contributed by atoms with Crippen LogP contribution in [0.1, 0.15) is 108 Å². The molecule has 0 unspecified atom stereocenters. The van der Waals surface area contributed by atoms with E-state index in [-0.39, 0.29) is 22.6 Å². The van der Waals surface area contributed by atoms with Crippen LogP contribution in [0.15, 0.2) is 44.6 Å². The van der Waals surface area contributed by atoms with Crippen LogP contribution in [0.3, 0.4) is 0 Å². The molecular formula is C31H52N3O2+. The van der Waals surface area contributed by atoms with E-state index < -0.39 is 6.04 Å². The predicted molar refractivity (Wildman–Crippen MR) is 150 cm³/mol. The molecule has 5 N–H and O–H groups in total. The number of hydrogen-bond donors (Lipinski definition) is 3. The fourth-order valence-electron chi connectivity index (χ4n) is 6.08. The molecule has 36 heavy (non-hydrogen) atoms. The van der Waals surface area contributed by atoms with Crippen LogP contribution < -0.4 is 16.4 Å². The molecule has 2 aliphatic rings. The van der Waals surface area contributed by atoms with Crippen LogP contribution in [-0.4, -0.2) is 30.9 Å². The van der Waals surface area contributed by atoms with Gasteiger partial charge in [0.05, 0.1) is 6.54 Å². The van der Waals surface area contributed by atoms with Gasteiger partial charge in [0, 0.05) is 23.8 Å². The third-order valence-electron chi connectivity index (χ3n) is 10.1. The fourth-order valence-corrected chi connectivity index (χ4v) is 6.08. The highest BCUT2D eigenvalue weighted by Crippen LogP contribution is 2.49. The molecule has 0 fully saturated rings. The number of amides is 2. The summed E-state index contributed by atoms with van der Waals surface area (Å²) >= 11 is 0. The van der Waals surface area contributed by atoms with E-state index in [1.165, 1.54) is 44.6 Å². The van der Waals surface area contributed by atoms with Gasteiger partial charge in [-0.05, 0) is 110 Å². The SMILES string of the molecule is CC1=C(C)C(C)(CCNC(=O)[C@H](CCCC[NH3+])NC(=O)CCC2(C)C(C)=C(C)C(C)=C2C)C(C)=C1C. The van der Waals surface area contributed by atoms with Crippen molar-refractivity contribution in [3.05, 3.63) is 44.6 Å². The van der Waals surface area contributed by atoms with Crippen LogP contribution in [0.5, 0.6) is 0 Å². The van der Waals surface area contributed by atoms with E-state index in [1.807, 2.05) is 0 Å². The summed E-state index contributed by atoms with van der Waals surface area (Å²) in [6, 6.07) is -0.495. The molecule has 0 aliphatic heterocycles. The molecule has 0 saturated carbocycles. The molecule has 2 aliphatic carbocycles. The summed E-state index contributed by atoms with van der Waals surface area (Å²) < 4.78 is 0. The second-order valence-electron chi connectivity index (χ2n) is 11.7. The van der Waals surface area contributed by atoms with Crippen LogP contribution >= 0.6 is 0 Å². The molecule has 0 bridgehead atoms. The summed E-state index contributed by atoms with van der Waals surface area (Å²) in [5.41, 5.74) is 14.8. The van der Waals surface area contributed by atoms with Crippen molar-refractivity contribution in [2.75, 3.05) is 13.1 Å². The molecule has 5 nitrogen and oxygen atoms in total. The number of quaternary nitrogens is 1. The third-order valence-corrected chi connectivity index (χ3v) is 10.1. The Morgan fingerprint density at radius 3 is 1.64 bits per heavy atom. The first-order valence-corrected chi connectivity index (χ1v) is 13.8. The van der Waals surface area contributed by atoms with Gasteiger partial charge in [0.2, 0.25) is 11.8 Å². The topological polar surface area (TPSA) is 85.8 Å². The lowest BCUT2D eigenvalue weighted by Crippen LogP contribution is -2.50. The van der Waals surface area contributed by atoms with Crippen LogP contribution in [0.25, 0.3) is 0 Å². The van der Waals surface area contributed by atoms with Gasteiger partial charge in [-0.15, -0.1) is 0 Å². The Morgan fingerprint density at radius 1 is 0.750 bits per heavy atom. The second-order valence-corrected chi connectivity index (χ2v) is 11.7. The number of rotatable bonds is 12. The number of carbonyl (C=O) groups excluding carboxylic acids is 2. The summed E-state index contributed by atoms with van der Waals surface area (Å²) in [7, 11) is 0. The third kappa shape index (κ3) is 5.88. The highest BCUT2D eigenvalue weighted by atomic mass is 16.2. The summed E-state index contributed by atoms with van der Waals surface area (Å²) in [6.07, 6.45) is 4.51. The van der Waals surface area contributed by atoms with E-state index in [0.29, 0.717) is 19.4 Å². The maximum absolute atomic E-state index is 13.2. The van der Waals surface area contributed by atoms with E-state index in [2.05, 4.69) is 85.6 Å². The van der Waals surface area contributed by atoms with Gasteiger partial charge in [0.15, 0.2) is 0 Å². The summed E-state index contributed by atoms with van der Waals surface area (Å²) in [4.78, 5) is 26.2. The van der Waals surface area contributed by atoms with Crippen LogP contribution in [-0.2, 0) is 9.59 Å². The minimum atomic E-state index is -0.495. The molecule has 0 aromatic carbocycles. The van der Waals surface area contributed by atoms with Crippen molar-refractivity contribution in [1.82, 2.24) is 10.6 Å². The molecule has 0 heterocycles. The molecule has 2 amide bonds. The summed E-state index contributed by atoms with van der Waals surface area (Å²) in [5.74, 6) is -0.114. The Labute approximate surface area is 220 Å². The average molecular weight is 499 g/mol. The Kier molecular flexibility index (Phi) is 9.98. The maximum Gasteiger partial charge on any atom is 0.242 e. The zero-order valence-corrected chi connectivity index (χ0v) is 24.8. The first kappa shape index (κ1) is 30.1. The number of allylic oxidation sites excluding steroid dienone is 8. The Hall–Kier alpha value is -2.14. The van der Waals surface area contributed by atoms with E-state index in [4.69, 9.17) is 0 Å². The molecule has 5 heteroatoms.